The molecule has 0 aliphatic carbocycles. The van der Waals surface area contributed by atoms with E-state index < -0.39 is 32.9 Å². The molecule has 196 valence electrons. The second-order valence-electron chi connectivity index (χ2n) is 8.34. The van der Waals surface area contributed by atoms with Gasteiger partial charge >= 0.3 is 6.18 Å². The summed E-state index contributed by atoms with van der Waals surface area (Å²) >= 11 is 6.51. The SMILES string of the molecule is CN(CCN1C(=O)S/C(=C\c2ccc3c(cnn3Cc3ccc(Cl)cc3C(F)(F)F)c2)C1=O)S(C)(=O)=O. The van der Waals surface area contributed by atoms with Crippen molar-refractivity contribution < 1.29 is 31.2 Å². The minimum atomic E-state index is -4.57. The van der Waals surface area contributed by atoms with Gasteiger partial charge in [0.25, 0.3) is 11.1 Å². The highest BCUT2D eigenvalue weighted by atomic mass is 35.5. The van der Waals surface area contributed by atoms with Gasteiger partial charge in [0.2, 0.25) is 10.0 Å². The number of sulfonamides is 1. The van der Waals surface area contributed by atoms with Crippen molar-refractivity contribution in [3.8, 4) is 0 Å². The van der Waals surface area contributed by atoms with Gasteiger partial charge in [0.15, 0.2) is 0 Å². The highest BCUT2D eigenvalue weighted by Gasteiger charge is 2.35. The van der Waals surface area contributed by atoms with Crippen LogP contribution < -0.4 is 0 Å². The Kier molecular flexibility index (Phi) is 7.43. The minimum absolute atomic E-state index is 0.0150. The van der Waals surface area contributed by atoms with Crippen LogP contribution in [0.25, 0.3) is 17.0 Å². The first-order valence-corrected chi connectivity index (χ1v) is 13.8. The molecule has 1 saturated heterocycles. The molecule has 2 aromatic carbocycles. The van der Waals surface area contributed by atoms with Crippen molar-refractivity contribution in [1.29, 1.82) is 0 Å². The number of likely N-dealkylation sites (N-methyl/N-ethyl adjacent to an activating group) is 1. The first kappa shape index (κ1) is 27.2. The van der Waals surface area contributed by atoms with Gasteiger partial charge in [-0.3, -0.25) is 19.2 Å². The van der Waals surface area contributed by atoms with E-state index in [4.69, 9.17) is 11.6 Å². The summed E-state index contributed by atoms with van der Waals surface area (Å²) in [6.07, 6.45) is -0.505. The Hall–Kier alpha value is -2.87. The number of halogens is 4. The Balaban J connectivity index is 1.54. The summed E-state index contributed by atoms with van der Waals surface area (Å²) in [5.74, 6) is -0.532. The molecule has 14 heteroatoms. The molecule has 0 radical (unpaired) electrons. The van der Waals surface area contributed by atoms with Crippen molar-refractivity contribution in [2.24, 2.45) is 0 Å². The van der Waals surface area contributed by atoms with Crippen LogP contribution >= 0.6 is 23.4 Å². The summed E-state index contributed by atoms with van der Waals surface area (Å²) < 4.78 is 66.0. The Morgan fingerprint density at radius 3 is 2.57 bits per heavy atom. The molecule has 37 heavy (non-hydrogen) atoms. The number of aromatic nitrogens is 2. The lowest BCUT2D eigenvalue weighted by atomic mass is 10.1. The molecule has 2 heterocycles. The number of thioether (sulfide) groups is 1. The number of fused-ring (bicyclic) bond motifs is 1. The van der Waals surface area contributed by atoms with E-state index in [1.807, 2.05) is 0 Å². The first-order valence-electron chi connectivity index (χ1n) is 10.7. The molecular formula is C23H20ClF3N4O4S2. The van der Waals surface area contributed by atoms with Gasteiger partial charge in [-0.1, -0.05) is 23.7 Å². The molecule has 0 bridgehead atoms. The van der Waals surface area contributed by atoms with E-state index in [1.54, 1.807) is 18.2 Å². The third-order valence-corrected chi connectivity index (χ3v) is 8.20. The quantitative estimate of drug-likeness (QED) is 0.382. The van der Waals surface area contributed by atoms with Crippen LogP contribution in [0.5, 0.6) is 0 Å². The molecule has 0 N–H and O–H groups in total. The molecular weight excluding hydrogens is 553 g/mol. The summed E-state index contributed by atoms with van der Waals surface area (Å²) in [7, 11) is -2.09. The predicted molar refractivity (Wildman–Crippen MR) is 135 cm³/mol. The zero-order valence-electron chi connectivity index (χ0n) is 19.5. The van der Waals surface area contributed by atoms with Crippen LogP contribution in [0, 0.1) is 0 Å². The number of rotatable bonds is 7. The number of hydrogen-bond donors (Lipinski definition) is 0. The van der Waals surface area contributed by atoms with Gasteiger partial charge in [0, 0.05) is 30.5 Å². The number of amides is 2. The summed E-state index contributed by atoms with van der Waals surface area (Å²) in [6.45, 7) is -0.239. The molecule has 4 rings (SSSR count). The summed E-state index contributed by atoms with van der Waals surface area (Å²) in [5.41, 5.74) is 0.352. The molecule has 1 fully saturated rings. The molecule has 8 nitrogen and oxygen atoms in total. The minimum Gasteiger partial charge on any atom is -0.268 e. The van der Waals surface area contributed by atoms with Crippen molar-refractivity contribution in [3.63, 3.8) is 0 Å². The standard InChI is InChI=1S/C23H20ClF3N4O4S2/c1-29(37(2,34)35)7-8-30-21(32)20(36-22(30)33)10-14-3-6-19-16(9-14)12-28-31(19)13-15-4-5-17(24)11-18(15)23(25,26)27/h3-6,9-12H,7-8,13H2,1-2H3/b20-10-. The van der Waals surface area contributed by atoms with Crippen molar-refractivity contribution in [1.82, 2.24) is 19.0 Å². The van der Waals surface area contributed by atoms with Gasteiger partial charge in [-0.05, 0) is 53.2 Å². The molecule has 0 saturated carbocycles. The Bertz CT molecular complexity index is 1540. The largest absolute Gasteiger partial charge is 0.416 e. The van der Waals surface area contributed by atoms with Gasteiger partial charge in [-0.25, -0.2) is 12.7 Å². The maximum Gasteiger partial charge on any atom is 0.416 e. The fraction of sp³-hybridized carbons (Fsp3) is 0.261. The monoisotopic (exact) mass is 572 g/mol. The molecule has 1 aromatic heterocycles. The van der Waals surface area contributed by atoms with Crippen LogP contribution in [0.3, 0.4) is 0 Å². The zero-order valence-corrected chi connectivity index (χ0v) is 21.9. The average Bonchev–Trinajstić information content (AvgIpc) is 3.31. The number of benzene rings is 2. The van der Waals surface area contributed by atoms with Crippen molar-refractivity contribution in [2.75, 3.05) is 26.4 Å². The van der Waals surface area contributed by atoms with Gasteiger partial charge < -0.3 is 0 Å². The van der Waals surface area contributed by atoms with E-state index in [2.05, 4.69) is 5.10 Å². The van der Waals surface area contributed by atoms with Crippen LogP contribution in [0.2, 0.25) is 5.02 Å². The van der Waals surface area contributed by atoms with Gasteiger partial charge in [-0.2, -0.15) is 18.3 Å². The van der Waals surface area contributed by atoms with Gasteiger partial charge in [-0.15, -0.1) is 0 Å². The van der Waals surface area contributed by atoms with Crippen LogP contribution in [-0.4, -0.2) is 64.9 Å². The van der Waals surface area contributed by atoms with Crippen LogP contribution in [0.1, 0.15) is 16.7 Å². The Morgan fingerprint density at radius 1 is 1.16 bits per heavy atom. The van der Waals surface area contributed by atoms with Crippen molar-refractivity contribution >= 4 is 61.5 Å². The van der Waals surface area contributed by atoms with E-state index in [9.17, 15) is 31.2 Å². The van der Waals surface area contributed by atoms with E-state index in [1.165, 1.54) is 36.1 Å². The van der Waals surface area contributed by atoms with E-state index >= 15 is 0 Å². The Labute approximate surface area is 219 Å². The maximum atomic E-state index is 13.5. The molecule has 0 unspecified atom stereocenters. The van der Waals surface area contributed by atoms with E-state index in [-0.39, 0.29) is 35.1 Å². The highest BCUT2D eigenvalue weighted by molar-refractivity contribution is 8.18. The average molecular weight is 573 g/mol. The number of nitrogens with zero attached hydrogens (tertiary/aromatic N) is 4. The summed E-state index contributed by atoms with van der Waals surface area (Å²) in [6, 6.07) is 8.63. The summed E-state index contributed by atoms with van der Waals surface area (Å²) in [5, 5.41) is 4.33. The lowest BCUT2D eigenvalue weighted by molar-refractivity contribution is -0.138. The van der Waals surface area contributed by atoms with Crippen molar-refractivity contribution in [2.45, 2.75) is 12.7 Å². The maximum absolute atomic E-state index is 13.5. The number of imide groups is 1. The molecule has 0 atom stereocenters. The molecule has 2 amide bonds. The number of alkyl halides is 3. The third-order valence-electron chi connectivity index (χ3n) is 5.74. The Morgan fingerprint density at radius 2 is 1.89 bits per heavy atom. The summed E-state index contributed by atoms with van der Waals surface area (Å²) in [4.78, 5) is 26.2. The number of hydrogen-bond acceptors (Lipinski definition) is 6. The van der Waals surface area contributed by atoms with Crippen molar-refractivity contribution in [3.05, 3.63) is 69.2 Å². The topological polar surface area (TPSA) is 92.6 Å². The number of carbonyl (C=O) groups is 2. The molecule has 3 aromatic rings. The highest BCUT2D eigenvalue weighted by Crippen LogP contribution is 2.35. The molecule has 0 spiro atoms. The zero-order chi connectivity index (χ0) is 27.1. The number of carbonyl (C=O) groups excluding carboxylic acids is 2. The van der Waals surface area contributed by atoms with E-state index in [0.717, 1.165) is 33.3 Å². The van der Waals surface area contributed by atoms with Gasteiger partial charge in [0.1, 0.15) is 0 Å². The van der Waals surface area contributed by atoms with Crippen LogP contribution in [0.4, 0.5) is 18.0 Å². The predicted octanol–water partition coefficient (Wildman–Crippen LogP) is 4.68. The third kappa shape index (κ3) is 6.00. The fourth-order valence-corrected chi connectivity index (χ4v) is 5.13. The smallest absolute Gasteiger partial charge is 0.268 e. The molecule has 1 aliphatic heterocycles. The van der Waals surface area contributed by atoms with Crippen LogP contribution in [0.15, 0.2) is 47.5 Å². The second-order valence-corrected chi connectivity index (χ2v) is 11.9. The normalized spacial score (nSPS) is 16.1. The van der Waals surface area contributed by atoms with Gasteiger partial charge in [0.05, 0.1) is 35.0 Å². The molecule has 1 aliphatic rings. The fourth-order valence-electron chi connectivity index (χ4n) is 3.68. The lowest BCUT2D eigenvalue weighted by Gasteiger charge is -2.18. The van der Waals surface area contributed by atoms with E-state index in [0.29, 0.717) is 16.5 Å². The first-order chi connectivity index (χ1) is 17.2. The lowest BCUT2D eigenvalue weighted by Crippen LogP contribution is -2.37. The van der Waals surface area contributed by atoms with Crippen LogP contribution in [-0.2, 0) is 27.5 Å². The second kappa shape index (κ2) is 10.1.